The van der Waals surface area contributed by atoms with Gasteiger partial charge < -0.3 is 20.4 Å². The molecule has 1 saturated carbocycles. The molecule has 2 N–H and O–H groups in total. The molecular weight excluding hydrogens is 352 g/mol. The summed E-state index contributed by atoms with van der Waals surface area (Å²) in [5.74, 6) is 0.0502. The van der Waals surface area contributed by atoms with Gasteiger partial charge in [0.05, 0.1) is 0 Å². The Morgan fingerprint density at radius 1 is 1.07 bits per heavy atom. The van der Waals surface area contributed by atoms with Crippen LogP contribution in [0, 0.1) is 0 Å². The second kappa shape index (κ2) is 10.3. The van der Waals surface area contributed by atoms with Gasteiger partial charge >= 0.3 is 6.03 Å². The van der Waals surface area contributed by atoms with E-state index in [4.69, 9.17) is 0 Å². The molecule has 6 nitrogen and oxygen atoms in total. The molecule has 2 aliphatic rings. The maximum absolute atomic E-state index is 12.5. The Morgan fingerprint density at radius 3 is 2.54 bits per heavy atom. The number of nitrogens with one attached hydrogen (secondary N) is 2. The predicted octanol–water partition coefficient (Wildman–Crippen LogP) is 3.27. The van der Waals surface area contributed by atoms with E-state index >= 15 is 0 Å². The van der Waals surface area contributed by atoms with Crippen molar-refractivity contribution in [3.63, 3.8) is 0 Å². The van der Waals surface area contributed by atoms with Crippen LogP contribution in [0.4, 0.5) is 10.5 Å². The number of para-hydroxylation sites is 1. The summed E-state index contributed by atoms with van der Waals surface area (Å²) in [5, 5.41) is 5.85. The minimum absolute atomic E-state index is 0.0502. The van der Waals surface area contributed by atoms with E-state index in [1.54, 1.807) is 4.90 Å². The van der Waals surface area contributed by atoms with Crippen LogP contribution in [-0.4, -0.2) is 49.6 Å². The lowest BCUT2D eigenvalue weighted by Gasteiger charge is -2.25. The molecular formula is C22H34N4O2. The van der Waals surface area contributed by atoms with Crippen molar-refractivity contribution in [2.75, 3.05) is 31.6 Å². The Labute approximate surface area is 168 Å². The minimum Gasteiger partial charge on any atom is -0.371 e. The maximum atomic E-state index is 12.5. The van der Waals surface area contributed by atoms with Gasteiger partial charge in [-0.1, -0.05) is 37.5 Å². The quantitative estimate of drug-likeness (QED) is 0.756. The number of hydrogen-bond acceptors (Lipinski definition) is 3. The van der Waals surface area contributed by atoms with Crippen molar-refractivity contribution in [3.05, 3.63) is 29.8 Å². The lowest BCUT2D eigenvalue weighted by Crippen LogP contribution is -2.43. The average Bonchev–Trinajstić information content (AvgIpc) is 3.23. The fourth-order valence-electron chi connectivity index (χ4n) is 4.21. The van der Waals surface area contributed by atoms with Crippen LogP contribution in [0.5, 0.6) is 0 Å². The molecule has 1 aliphatic carbocycles. The highest BCUT2D eigenvalue weighted by atomic mass is 16.2. The van der Waals surface area contributed by atoms with Gasteiger partial charge in [-0.2, -0.15) is 0 Å². The first kappa shape index (κ1) is 20.5. The molecule has 0 aromatic heterocycles. The van der Waals surface area contributed by atoms with Gasteiger partial charge in [0.2, 0.25) is 5.91 Å². The normalized spacial score (nSPS) is 17.4. The molecule has 1 saturated heterocycles. The number of carbonyl (C=O) groups is 2. The summed E-state index contributed by atoms with van der Waals surface area (Å²) in [6, 6.07) is 8.48. The number of nitrogens with zero attached hydrogens (tertiary/aromatic N) is 2. The standard InChI is InChI=1S/C22H34N4O2/c1-25(17-18-9-5-6-12-20(18)26-15-7-8-16-26)21(27)13-14-23-22(28)24-19-10-3-2-4-11-19/h5-6,9,12,19H,2-4,7-8,10-11,13-17H2,1H3,(H2,23,24,28). The summed E-state index contributed by atoms with van der Waals surface area (Å²) in [6.07, 6.45) is 8.55. The third-order valence-corrected chi connectivity index (χ3v) is 5.84. The first-order valence-electron chi connectivity index (χ1n) is 10.7. The first-order valence-corrected chi connectivity index (χ1v) is 10.7. The number of rotatable bonds is 7. The van der Waals surface area contributed by atoms with Gasteiger partial charge in [-0.3, -0.25) is 4.79 Å². The number of amides is 3. The van der Waals surface area contributed by atoms with Crippen molar-refractivity contribution in [2.45, 2.75) is 64.0 Å². The van der Waals surface area contributed by atoms with Crippen LogP contribution in [0.1, 0.15) is 56.9 Å². The van der Waals surface area contributed by atoms with Gasteiger partial charge in [-0.25, -0.2) is 4.79 Å². The van der Waals surface area contributed by atoms with Gasteiger partial charge in [0.1, 0.15) is 0 Å². The van der Waals surface area contributed by atoms with E-state index in [2.05, 4.69) is 33.7 Å². The first-order chi connectivity index (χ1) is 13.6. The van der Waals surface area contributed by atoms with Crippen molar-refractivity contribution in [1.29, 1.82) is 0 Å². The molecule has 1 aromatic carbocycles. The van der Waals surface area contributed by atoms with E-state index in [9.17, 15) is 9.59 Å². The molecule has 1 heterocycles. The molecule has 0 bridgehead atoms. The Balaban J connectivity index is 1.41. The zero-order chi connectivity index (χ0) is 19.8. The molecule has 3 amide bonds. The highest BCUT2D eigenvalue weighted by molar-refractivity contribution is 5.78. The van der Waals surface area contributed by atoms with Crippen molar-refractivity contribution in [3.8, 4) is 0 Å². The third-order valence-electron chi connectivity index (χ3n) is 5.84. The highest BCUT2D eigenvalue weighted by Crippen LogP contribution is 2.25. The summed E-state index contributed by atoms with van der Waals surface area (Å²) in [7, 11) is 1.84. The van der Waals surface area contributed by atoms with Crippen molar-refractivity contribution in [2.24, 2.45) is 0 Å². The minimum atomic E-state index is -0.151. The zero-order valence-electron chi connectivity index (χ0n) is 17.1. The van der Waals surface area contributed by atoms with Crippen molar-refractivity contribution in [1.82, 2.24) is 15.5 Å². The number of carbonyl (C=O) groups excluding carboxylic acids is 2. The largest absolute Gasteiger partial charge is 0.371 e. The summed E-state index contributed by atoms with van der Waals surface area (Å²) < 4.78 is 0. The van der Waals surface area contributed by atoms with Crippen LogP contribution in [0.15, 0.2) is 24.3 Å². The SMILES string of the molecule is CN(Cc1ccccc1N1CCCC1)C(=O)CCNC(=O)NC1CCCCC1. The molecule has 1 aliphatic heterocycles. The van der Waals surface area contributed by atoms with E-state index in [1.165, 1.54) is 43.4 Å². The Kier molecular flexibility index (Phi) is 7.57. The Hall–Kier alpha value is -2.24. The van der Waals surface area contributed by atoms with Crippen molar-refractivity contribution >= 4 is 17.6 Å². The number of hydrogen-bond donors (Lipinski definition) is 2. The van der Waals surface area contributed by atoms with Gasteiger partial charge in [0.25, 0.3) is 0 Å². The lowest BCUT2D eigenvalue weighted by atomic mass is 9.96. The fourth-order valence-corrected chi connectivity index (χ4v) is 4.21. The molecule has 2 fully saturated rings. The lowest BCUT2D eigenvalue weighted by molar-refractivity contribution is -0.130. The zero-order valence-corrected chi connectivity index (χ0v) is 17.1. The second-order valence-corrected chi connectivity index (χ2v) is 8.06. The summed E-state index contributed by atoms with van der Waals surface area (Å²) >= 11 is 0. The van der Waals surface area contributed by atoms with E-state index in [0.717, 1.165) is 25.9 Å². The van der Waals surface area contributed by atoms with Crippen LogP contribution in [0.2, 0.25) is 0 Å². The van der Waals surface area contributed by atoms with Gasteiger partial charge in [0.15, 0.2) is 0 Å². The van der Waals surface area contributed by atoms with E-state index in [-0.39, 0.29) is 18.0 Å². The monoisotopic (exact) mass is 386 g/mol. The number of urea groups is 1. The van der Waals surface area contributed by atoms with E-state index < -0.39 is 0 Å². The Morgan fingerprint density at radius 2 is 1.79 bits per heavy atom. The van der Waals surface area contributed by atoms with Crippen molar-refractivity contribution < 1.29 is 9.59 Å². The molecule has 0 spiro atoms. The summed E-state index contributed by atoms with van der Waals surface area (Å²) in [5.41, 5.74) is 2.42. The number of benzene rings is 1. The van der Waals surface area contributed by atoms with Crippen LogP contribution in [0.25, 0.3) is 0 Å². The van der Waals surface area contributed by atoms with Crippen LogP contribution < -0.4 is 15.5 Å². The summed E-state index contributed by atoms with van der Waals surface area (Å²) in [4.78, 5) is 28.7. The van der Waals surface area contributed by atoms with Gasteiger partial charge in [-0.15, -0.1) is 0 Å². The fraction of sp³-hybridized carbons (Fsp3) is 0.636. The predicted molar refractivity (Wildman–Crippen MR) is 112 cm³/mol. The molecule has 0 atom stereocenters. The van der Waals surface area contributed by atoms with Crippen LogP contribution in [0.3, 0.4) is 0 Å². The second-order valence-electron chi connectivity index (χ2n) is 8.06. The van der Waals surface area contributed by atoms with Crippen LogP contribution >= 0.6 is 0 Å². The molecule has 0 unspecified atom stereocenters. The van der Waals surface area contributed by atoms with E-state index in [1.807, 2.05) is 13.1 Å². The van der Waals surface area contributed by atoms with Crippen LogP contribution in [-0.2, 0) is 11.3 Å². The highest BCUT2D eigenvalue weighted by Gasteiger charge is 2.18. The molecule has 3 rings (SSSR count). The van der Waals surface area contributed by atoms with Gasteiger partial charge in [-0.05, 0) is 37.3 Å². The molecule has 0 radical (unpaired) electrons. The molecule has 154 valence electrons. The smallest absolute Gasteiger partial charge is 0.315 e. The topological polar surface area (TPSA) is 64.7 Å². The third kappa shape index (κ3) is 5.88. The maximum Gasteiger partial charge on any atom is 0.315 e. The number of anilines is 1. The molecule has 6 heteroatoms. The van der Waals surface area contributed by atoms with Gasteiger partial charge in [0, 0.05) is 51.4 Å². The molecule has 1 aromatic rings. The Bertz CT molecular complexity index is 652. The van der Waals surface area contributed by atoms with E-state index in [0.29, 0.717) is 19.5 Å². The summed E-state index contributed by atoms with van der Waals surface area (Å²) in [6.45, 7) is 3.15. The average molecular weight is 387 g/mol. The molecule has 28 heavy (non-hydrogen) atoms.